The minimum absolute atomic E-state index is 0.144. The molecule has 0 saturated heterocycles. The van der Waals surface area contributed by atoms with Crippen molar-refractivity contribution >= 4 is 11.0 Å². The van der Waals surface area contributed by atoms with Gasteiger partial charge in [0.15, 0.2) is 0 Å². The van der Waals surface area contributed by atoms with Crippen LogP contribution in [0.25, 0.3) is 11.0 Å². The highest BCUT2D eigenvalue weighted by Gasteiger charge is 2.39. The molecule has 20 heavy (non-hydrogen) atoms. The largest absolute Gasteiger partial charge is 0.324 e. The maximum Gasteiger partial charge on any atom is 0.0890 e. The summed E-state index contributed by atoms with van der Waals surface area (Å²) in [5, 5.41) is 0. The minimum Gasteiger partial charge on any atom is -0.324 e. The average Bonchev–Trinajstić information content (AvgIpc) is 3.09. The predicted octanol–water partition coefficient (Wildman–Crippen LogP) is 3.46. The molecule has 3 nitrogen and oxygen atoms in total. The molecule has 0 radical (unpaired) electrons. The number of aromatic nitrogens is 2. The van der Waals surface area contributed by atoms with E-state index < -0.39 is 0 Å². The van der Waals surface area contributed by atoms with Gasteiger partial charge in [-0.05, 0) is 61.1 Å². The Morgan fingerprint density at radius 3 is 2.70 bits per heavy atom. The van der Waals surface area contributed by atoms with Crippen molar-refractivity contribution in [2.45, 2.75) is 38.1 Å². The normalized spacial score (nSPS) is 29.9. The topological polar surface area (TPSA) is 51.8 Å². The van der Waals surface area contributed by atoms with Gasteiger partial charge < -0.3 is 5.73 Å². The second-order valence-corrected chi connectivity index (χ2v) is 6.58. The number of fused-ring (bicyclic) bond motifs is 3. The Labute approximate surface area is 119 Å². The highest BCUT2D eigenvalue weighted by atomic mass is 14.8. The SMILES string of the molecule is NC(CC1CC2CCC1C2)c1ccc2nccnc2c1. The first-order valence-corrected chi connectivity index (χ1v) is 7.76. The third-order valence-corrected chi connectivity index (χ3v) is 5.36. The Kier molecular flexibility index (Phi) is 2.95. The molecule has 1 heterocycles. The second kappa shape index (κ2) is 4.81. The molecule has 4 atom stereocenters. The van der Waals surface area contributed by atoms with Crippen LogP contribution in [0.2, 0.25) is 0 Å². The Morgan fingerprint density at radius 1 is 1.10 bits per heavy atom. The van der Waals surface area contributed by atoms with Gasteiger partial charge in [0.25, 0.3) is 0 Å². The van der Waals surface area contributed by atoms with Crippen LogP contribution >= 0.6 is 0 Å². The van der Waals surface area contributed by atoms with Gasteiger partial charge in [-0.25, -0.2) is 0 Å². The van der Waals surface area contributed by atoms with E-state index in [4.69, 9.17) is 5.73 Å². The van der Waals surface area contributed by atoms with Crippen LogP contribution in [0.15, 0.2) is 30.6 Å². The highest BCUT2D eigenvalue weighted by Crippen LogP contribution is 2.50. The van der Waals surface area contributed by atoms with Crippen molar-refractivity contribution in [2.75, 3.05) is 0 Å². The summed E-state index contributed by atoms with van der Waals surface area (Å²) < 4.78 is 0. The van der Waals surface area contributed by atoms with Crippen molar-refractivity contribution in [3.05, 3.63) is 36.2 Å². The zero-order valence-electron chi connectivity index (χ0n) is 11.7. The first kappa shape index (κ1) is 12.3. The van der Waals surface area contributed by atoms with Crippen LogP contribution in [0.1, 0.15) is 43.7 Å². The zero-order chi connectivity index (χ0) is 13.5. The molecule has 2 aliphatic rings. The first-order valence-electron chi connectivity index (χ1n) is 7.76. The van der Waals surface area contributed by atoms with Crippen LogP contribution in [-0.2, 0) is 0 Å². The molecule has 1 aromatic heterocycles. The van der Waals surface area contributed by atoms with Crippen LogP contribution in [-0.4, -0.2) is 9.97 Å². The maximum atomic E-state index is 6.45. The molecule has 2 bridgehead atoms. The lowest BCUT2D eigenvalue weighted by molar-refractivity contribution is 0.296. The van der Waals surface area contributed by atoms with Crippen LogP contribution < -0.4 is 5.73 Å². The summed E-state index contributed by atoms with van der Waals surface area (Å²) in [6.07, 6.45) is 10.4. The van der Waals surface area contributed by atoms with Gasteiger partial charge in [-0.2, -0.15) is 0 Å². The summed E-state index contributed by atoms with van der Waals surface area (Å²) in [5.74, 6) is 2.80. The van der Waals surface area contributed by atoms with Gasteiger partial charge >= 0.3 is 0 Å². The van der Waals surface area contributed by atoms with Crippen LogP contribution in [0.3, 0.4) is 0 Å². The molecular weight excluding hydrogens is 246 g/mol. The number of nitrogens with two attached hydrogens (primary N) is 1. The molecule has 2 fully saturated rings. The van der Waals surface area contributed by atoms with Crippen molar-refractivity contribution in [2.24, 2.45) is 23.5 Å². The summed E-state index contributed by atoms with van der Waals surface area (Å²) >= 11 is 0. The van der Waals surface area contributed by atoms with Crippen molar-refractivity contribution in [1.29, 1.82) is 0 Å². The van der Waals surface area contributed by atoms with E-state index in [1.54, 1.807) is 12.4 Å². The van der Waals surface area contributed by atoms with E-state index in [2.05, 4.69) is 22.1 Å². The number of rotatable bonds is 3. The molecule has 0 spiro atoms. The van der Waals surface area contributed by atoms with E-state index in [0.717, 1.165) is 35.2 Å². The Bertz CT molecular complexity index is 624. The summed E-state index contributed by atoms with van der Waals surface area (Å²) in [6, 6.07) is 6.42. The van der Waals surface area contributed by atoms with Crippen molar-refractivity contribution in [3.8, 4) is 0 Å². The third kappa shape index (κ3) is 2.10. The zero-order valence-corrected chi connectivity index (χ0v) is 11.7. The first-order chi connectivity index (χ1) is 9.79. The molecule has 0 aliphatic heterocycles. The quantitative estimate of drug-likeness (QED) is 0.926. The average molecular weight is 267 g/mol. The highest BCUT2D eigenvalue weighted by molar-refractivity contribution is 5.74. The second-order valence-electron chi connectivity index (χ2n) is 6.58. The molecule has 4 unspecified atom stereocenters. The van der Waals surface area contributed by atoms with Crippen molar-refractivity contribution in [3.63, 3.8) is 0 Å². The number of hydrogen-bond donors (Lipinski definition) is 1. The lowest BCUT2D eigenvalue weighted by Gasteiger charge is -2.25. The van der Waals surface area contributed by atoms with Crippen molar-refractivity contribution in [1.82, 2.24) is 9.97 Å². The fourth-order valence-electron chi connectivity index (χ4n) is 4.34. The molecule has 3 heteroatoms. The molecule has 4 rings (SSSR count). The van der Waals surface area contributed by atoms with Gasteiger partial charge in [0.2, 0.25) is 0 Å². The van der Waals surface area contributed by atoms with Gasteiger partial charge in [-0.15, -0.1) is 0 Å². The van der Waals surface area contributed by atoms with E-state index >= 15 is 0 Å². The van der Waals surface area contributed by atoms with E-state index in [1.165, 1.54) is 31.2 Å². The molecule has 0 amide bonds. The van der Waals surface area contributed by atoms with Gasteiger partial charge in [-0.1, -0.05) is 12.5 Å². The standard InChI is InChI=1S/C17H21N3/c18-15(9-14-8-11-1-2-12(14)7-11)13-3-4-16-17(10-13)20-6-5-19-16/h3-6,10-12,14-15H,1-2,7-9,18H2. The molecule has 104 valence electrons. The summed E-state index contributed by atoms with van der Waals surface area (Å²) in [5.41, 5.74) is 9.56. The monoisotopic (exact) mass is 267 g/mol. The third-order valence-electron chi connectivity index (χ3n) is 5.36. The number of benzene rings is 1. The maximum absolute atomic E-state index is 6.45. The van der Waals surface area contributed by atoms with Crippen LogP contribution in [0.5, 0.6) is 0 Å². The van der Waals surface area contributed by atoms with Gasteiger partial charge in [0.05, 0.1) is 11.0 Å². The van der Waals surface area contributed by atoms with E-state index in [0.29, 0.717) is 0 Å². The summed E-state index contributed by atoms with van der Waals surface area (Å²) in [4.78, 5) is 8.69. The fraction of sp³-hybridized carbons (Fsp3) is 0.529. The number of hydrogen-bond acceptors (Lipinski definition) is 3. The Morgan fingerprint density at radius 2 is 1.95 bits per heavy atom. The molecule has 2 N–H and O–H groups in total. The van der Waals surface area contributed by atoms with E-state index in [1.807, 2.05) is 6.07 Å². The van der Waals surface area contributed by atoms with Gasteiger partial charge in [-0.3, -0.25) is 9.97 Å². The number of nitrogens with zero attached hydrogens (tertiary/aromatic N) is 2. The summed E-state index contributed by atoms with van der Waals surface area (Å²) in [7, 11) is 0. The van der Waals surface area contributed by atoms with Crippen LogP contribution in [0, 0.1) is 17.8 Å². The van der Waals surface area contributed by atoms with Crippen molar-refractivity contribution < 1.29 is 0 Å². The minimum atomic E-state index is 0.144. The summed E-state index contributed by atoms with van der Waals surface area (Å²) in [6.45, 7) is 0. The Balaban J connectivity index is 1.53. The van der Waals surface area contributed by atoms with E-state index in [9.17, 15) is 0 Å². The van der Waals surface area contributed by atoms with E-state index in [-0.39, 0.29) is 6.04 Å². The van der Waals surface area contributed by atoms with Gasteiger partial charge in [0.1, 0.15) is 0 Å². The lowest BCUT2D eigenvalue weighted by atomic mass is 9.83. The smallest absolute Gasteiger partial charge is 0.0890 e. The molecule has 1 aromatic carbocycles. The molecule has 2 aromatic rings. The fourth-order valence-corrected chi connectivity index (χ4v) is 4.34. The lowest BCUT2D eigenvalue weighted by Crippen LogP contribution is -2.19. The molecular formula is C17H21N3. The predicted molar refractivity (Wildman–Crippen MR) is 80.0 cm³/mol. The van der Waals surface area contributed by atoms with Gasteiger partial charge in [0, 0.05) is 18.4 Å². The molecule has 2 aliphatic carbocycles. The van der Waals surface area contributed by atoms with Crippen LogP contribution in [0.4, 0.5) is 0 Å². The molecule has 2 saturated carbocycles. The Hall–Kier alpha value is -1.48.